The van der Waals surface area contributed by atoms with Crippen molar-refractivity contribution in [1.82, 2.24) is 15.5 Å². The number of urea groups is 1. The van der Waals surface area contributed by atoms with E-state index in [0.29, 0.717) is 0 Å². The molecule has 0 aliphatic heterocycles. The molecule has 0 heterocycles. The number of nitrogens with one attached hydrogen (secondary N) is 3. The summed E-state index contributed by atoms with van der Waals surface area (Å²) >= 11 is 5.83. The average Bonchev–Trinajstić information content (AvgIpc) is 3.37. The SMILES string of the molecule is COC(=O)N(C1c2ccccc2-c2ccccc21)[C@H](C(=O)N[C@@H](CCCNC(N)=O)C(=O)Nc1ccc(CCl)c(S(=O)(=O)O)c1)C(C)C. The molecule has 0 fully saturated rings. The van der Waals surface area contributed by atoms with Crippen LogP contribution in [0.2, 0.25) is 0 Å². The number of alkyl halides is 1. The fraction of sp³-hybridized carbons (Fsp3) is 0.333. The molecule has 5 amide bonds. The first-order valence-electron chi connectivity index (χ1n) is 15.1. The molecule has 0 radical (unpaired) electrons. The molecule has 3 aromatic rings. The van der Waals surface area contributed by atoms with Crippen molar-refractivity contribution in [1.29, 1.82) is 0 Å². The molecule has 0 unspecified atom stereocenters. The fourth-order valence-corrected chi connectivity index (χ4v) is 6.98. The zero-order valence-electron chi connectivity index (χ0n) is 26.6. The number of hydrogen-bond donors (Lipinski definition) is 5. The standard InChI is InChI=1S/C33H38ClN5O8S/c1-19(2)28(39(33(43)47-3)29-24-11-6-4-9-22(24)23-10-5-7-12-25(23)29)31(41)38-26(13-8-16-36-32(35)42)30(40)37-21-15-14-20(18-34)27(17-21)48(44,45)46/h4-7,9-12,14-15,17,19,26,28-29H,8,13,16,18H2,1-3H3,(H,37,40)(H,38,41)(H3,35,36,42)(H,44,45,46)/t26-,28-/m0/s1. The Morgan fingerprint density at radius 1 is 0.979 bits per heavy atom. The van der Waals surface area contributed by atoms with Gasteiger partial charge in [0, 0.05) is 18.1 Å². The molecule has 0 spiro atoms. The third-order valence-electron chi connectivity index (χ3n) is 8.02. The average molecular weight is 700 g/mol. The summed E-state index contributed by atoms with van der Waals surface area (Å²) in [5.41, 5.74) is 8.77. The summed E-state index contributed by atoms with van der Waals surface area (Å²) in [4.78, 5) is 53.6. The van der Waals surface area contributed by atoms with Crippen molar-refractivity contribution >= 4 is 51.3 Å². The molecule has 4 rings (SSSR count). The largest absolute Gasteiger partial charge is 0.453 e. The van der Waals surface area contributed by atoms with Crippen molar-refractivity contribution in [3.63, 3.8) is 0 Å². The summed E-state index contributed by atoms with van der Waals surface area (Å²) in [7, 11) is -3.44. The van der Waals surface area contributed by atoms with Gasteiger partial charge in [-0.15, -0.1) is 11.6 Å². The summed E-state index contributed by atoms with van der Waals surface area (Å²) in [6, 6.07) is 15.2. The van der Waals surface area contributed by atoms with Gasteiger partial charge in [0.05, 0.1) is 13.2 Å². The van der Waals surface area contributed by atoms with Gasteiger partial charge in [-0.05, 0) is 58.7 Å². The van der Waals surface area contributed by atoms with Crippen molar-refractivity contribution in [3.05, 3.63) is 83.4 Å². The van der Waals surface area contributed by atoms with E-state index in [-0.39, 0.29) is 36.5 Å². The number of nitrogens with two attached hydrogens (primary N) is 1. The second kappa shape index (κ2) is 15.5. The number of anilines is 1. The van der Waals surface area contributed by atoms with Gasteiger partial charge in [0.25, 0.3) is 10.1 Å². The smallest absolute Gasteiger partial charge is 0.410 e. The van der Waals surface area contributed by atoms with E-state index in [2.05, 4.69) is 16.0 Å². The lowest BCUT2D eigenvalue weighted by molar-refractivity contribution is -0.131. The summed E-state index contributed by atoms with van der Waals surface area (Å²) in [5.74, 6) is -2.02. The van der Waals surface area contributed by atoms with Crippen molar-refractivity contribution in [2.75, 3.05) is 19.0 Å². The normalized spacial score (nSPS) is 13.5. The highest BCUT2D eigenvalue weighted by molar-refractivity contribution is 7.85. The molecule has 256 valence electrons. The summed E-state index contributed by atoms with van der Waals surface area (Å²) in [6.45, 7) is 3.64. The number of carbonyl (C=O) groups is 4. The molecule has 1 aliphatic rings. The molecule has 3 aromatic carbocycles. The van der Waals surface area contributed by atoms with Crippen LogP contribution in [0.4, 0.5) is 15.3 Å². The molecule has 0 saturated carbocycles. The van der Waals surface area contributed by atoms with Crippen LogP contribution >= 0.6 is 11.6 Å². The van der Waals surface area contributed by atoms with Crippen LogP contribution in [0.5, 0.6) is 0 Å². The number of methoxy groups -OCH3 is 1. The number of ether oxygens (including phenoxy) is 1. The highest BCUT2D eigenvalue weighted by Crippen LogP contribution is 2.47. The van der Waals surface area contributed by atoms with Gasteiger partial charge in [-0.25, -0.2) is 9.59 Å². The highest BCUT2D eigenvalue weighted by atomic mass is 35.5. The number of hydrogen-bond acceptors (Lipinski definition) is 7. The van der Waals surface area contributed by atoms with Gasteiger partial charge >= 0.3 is 12.1 Å². The quantitative estimate of drug-likeness (QED) is 0.0982. The zero-order chi connectivity index (χ0) is 35.2. The Labute approximate surface area is 283 Å². The van der Waals surface area contributed by atoms with E-state index in [1.54, 1.807) is 13.8 Å². The number of halogens is 1. The van der Waals surface area contributed by atoms with E-state index in [1.165, 1.54) is 24.1 Å². The fourth-order valence-electron chi connectivity index (χ4n) is 5.92. The van der Waals surface area contributed by atoms with Gasteiger partial charge in [-0.3, -0.25) is 19.0 Å². The van der Waals surface area contributed by atoms with Gasteiger partial charge in [0.2, 0.25) is 11.8 Å². The maximum absolute atomic E-state index is 14.2. The van der Waals surface area contributed by atoms with E-state index in [0.717, 1.165) is 28.3 Å². The molecule has 15 heteroatoms. The number of benzene rings is 3. The van der Waals surface area contributed by atoms with Crippen molar-refractivity contribution in [2.24, 2.45) is 11.7 Å². The first-order chi connectivity index (χ1) is 22.8. The van der Waals surface area contributed by atoms with Crippen LogP contribution in [-0.4, -0.2) is 67.5 Å². The third-order valence-corrected chi connectivity index (χ3v) is 9.25. The first-order valence-corrected chi connectivity index (χ1v) is 17.1. The third kappa shape index (κ3) is 8.06. The Kier molecular flexibility index (Phi) is 11.7. The van der Waals surface area contributed by atoms with Crippen LogP contribution in [0.1, 0.15) is 49.4 Å². The summed E-state index contributed by atoms with van der Waals surface area (Å²) in [5, 5.41) is 7.79. The van der Waals surface area contributed by atoms with E-state index in [4.69, 9.17) is 22.1 Å². The minimum atomic E-state index is -4.67. The number of fused-ring (bicyclic) bond motifs is 3. The second-order valence-corrected chi connectivity index (χ2v) is 13.2. The molecular weight excluding hydrogens is 662 g/mol. The Morgan fingerprint density at radius 3 is 2.10 bits per heavy atom. The van der Waals surface area contributed by atoms with Crippen LogP contribution in [0.25, 0.3) is 11.1 Å². The molecule has 2 atom stereocenters. The van der Waals surface area contributed by atoms with Crippen LogP contribution in [-0.2, 0) is 30.3 Å². The number of carbonyl (C=O) groups excluding carboxylic acids is 4. The Bertz CT molecular complexity index is 1760. The lowest BCUT2D eigenvalue weighted by Crippen LogP contribution is -2.57. The van der Waals surface area contributed by atoms with E-state index in [1.807, 2.05) is 48.5 Å². The van der Waals surface area contributed by atoms with Crippen molar-refractivity contribution < 1.29 is 36.9 Å². The lowest BCUT2D eigenvalue weighted by atomic mass is 9.95. The molecule has 0 aromatic heterocycles. The van der Waals surface area contributed by atoms with Crippen molar-refractivity contribution in [3.8, 4) is 11.1 Å². The van der Waals surface area contributed by atoms with Crippen LogP contribution in [0, 0.1) is 5.92 Å². The van der Waals surface area contributed by atoms with Crippen molar-refractivity contribution in [2.45, 2.75) is 55.6 Å². The monoisotopic (exact) mass is 699 g/mol. The van der Waals surface area contributed by atoms with Gasteiger partial charge in [0.1, 0.15) is 17.0 Å². The zero-order valence-corrected chi connectivity index (χ0v) is 28.2. The maximum atomic E-state index is 14.2. The van der Waals surface area contributed by atoms with Crippen LogP contribution in [0.3, 0.4) is 0 Å². The Balaban J connectivity index is 1.69. The van der Waals surface area contributed by atoms with Gasteiger partial charge < -0.3 is 26.4 Å². The van der Waals surface area contributed by atoms with Gasteiger partial charge in [-0.1, -0.05) is 68.4 Å². The minimum Gasteiger partial charge on any atom is -0.453 e. The van der Waals surface area contributed by atoms with E-state index in [9.17, 15) is 32.1 Å². The summed E-state index contributed by atoms with van der Waals surface area (Å²) in [6.07, 6.45) is -0.496. The molecule has 0 bridgehead atoms. The van der Waals surface area contributed by atoms with Crippen LogP contribution < -0.4 is 21.7 Å². The Hall–Kier alpha value is -4.66. The molecule has 48 heavy (non-hydrogen) atoms. The number of nitrogens with zero attached hydrogens (tertiary/aromatic N) is 1. The highest BCUT2D eigenvalue weighted by Gasteiger charge is 2.44. The number of primary amides is 1. The Morgan fingerprint density at radius 2 is 1.58 bits per heavy atom. The number of rotatable bonds is 13. The van der Waals surface area contributed by atoms with Gasteiger partial charge in [0.15, 0.2) is 0 Å². The minimum absolute atomic E-state index is 0.0202. The number of amides is 5. The maximum Gasteiger partial charge on any atom is 0.410 e. The molecule has 1 aliphatic carbocycles. The van der Waals surface area contributed by atoms with E-state index < -0.39 is 63.0 Å². The summed E-state index contributed by atoms with van der Waals surface area (Å²) < 4.78 is 38.8. The van der Waals surface area contributed by atoms with Crippen LogP contribution in [0.15, 0.2) is 71.6 Å². The predicted molar refractivity (Wildman–Crippen MR) is 180 cm³/mol. The molecule has 6 N–H and O–H groups in total. The first kappa shape index (κ1) is 36.2. The predicted octanol–water partition coefficient (Wildman–Crippen LogP) is 4.41. The molecular formula is C33H38ClN5O8S. The lowest BCUT2D eigenvalue weighted by Gasteiger charge is -2.38. The van der Waals surface area contributed by atoms with E-state index >= 15 is 0 Å². The van der Waals surface area contributed by atoms with Gasteiger partial charge in [-0.2, -0.15) is 8.42 Å². The molecule has 13 nitrogen and oxygen atoms in total. The molecule has 0 saturated heterocycles. The second-order valence-electron chi connectivity index (χ2n) is 11.6. The topological polar surface area (TPSA) is 197 Å².